The van der Waals surface area contributed by atoms with Crippen LogP contribution in [0.3, 0.4) is 0 Å². The first kappa shape index (κ1) is 26.3. The fourth-order valence-corrected chi connectivity index (χ4v) is 4.40. The number of nitrogens with one attached hydrogen (secondary N) is 2. The number of rotatable bonds is 6. The van der Waals surface area contributed by atoms with Gasteiger partial charge in [0.2, 0.25) is 0 Å². The molecule has 200 valence electrons. The van der Waals surface area contributed by atoms with Crippen molar-refractivity contribution >= 4 is 22.9 Å². The van der Waals surface area contributed by atoms with Gasteiger partial charge in [-0.1, -0.05) is 6.92 Å². The van der Waals surface area contributed by atoms with Crippen LogP contribution in [0, 0.1) is 0 Å². The lowest BCUT2D eigenvalue weighted by molar-refractivity contribution is -0.0725. The molecule has 11 heteroatoms. The van der Waals surface area contributed by atoms with E-state index in [0.717, 1.165) is 17.3 Å². The topological polar surface area (TPSA) is 104 Å². The van der Waals surface area contributed by atoms with E-state index in [1.807, 2.05) is 63.2 Å². The summed E-state index contributed by atoms with van der Waals surface area (Å²) in [5.41, 5.74) is 4.53. The standard InChI is InChI=1S/C26H37N7O4/c1-7-20-17-31(11-12-32(20)25(35)37-26(3,4)5)33-10-9-19(15-27-33)28-24(34)21-13-18-16-30(6)29-22(18)14-23(21)36-8-2/h9-10,13-16,20,27H,7-8,11-12,17H2,1-6H3,(H,28,34)/t20-/m0/s1. The van der Waals surface area contributed by atoms with E-state index in [1.165, 1.54) is 0 Å². The summed E-state index contributed by atoms with van der Waals surface area (Å²) in [4.78, 5) is 27.6. The molecule has 3 heterocycles. The predicted molar refractivity (Wildman–Crippen MR) is 140 cm³/mol. The molecule has 0 radical (unpaired) electrons. The molecule has 1 fully saturated rings. The summed E-state index contributed by atoms with van der Waals surface area (Å²) >= 11 is 0. The number of aryl methyl sites for hydroxylation is 1. The molecule has 2 aliphatic heterocycles. The Morgan fingerprint density at radius 1 is 1.22 bits per heavy atom. The lowest BCUT2D eigenvalue weighted by Gasteiger charge is -2.45. The van der Waals surface area contributed by atoms with E-state index in [0.29, 0.717) is 43.3 Å². The molecule has 1 saturated heterocycles. The molecule has 1 aromatic heterocycles. The molecule has 0 bridgehead atoms. The average molecular weight is 512 g/mol. The van der Waals surface area contributed by atoms with E-state index in [9.17, 15) is 9.59 Å². The van der Waals surface area contributed by atoms with Gasteiger partial charge < -0.3 is 19.7 Å². The van der Waals surface area contributed by atoms with Crippen molar-refractivity contribution in [3.05, 3.63) is 48.1 Å². The third kappa shape index (κ3) is 6.16. The molecular weight excluding hydrogens is 474 g/mol. The molecule has 2 aliphatic rings. The molecule has 0 aliphatic carbocycles. The molecule has 2 aromatic rings. The van der Waals surface area contributed by atoms with Crippen LogP contribution in [0.5, 0.6) is 5.75 Å². The smallest absolute Gasteiger partial charge is 0.410 e. The molecule has 11 nitrogen and oxygen atoms in total. The summed E-state index contributed by atoms with van der Waals surface area (Å²) in [5, 5.41) is 12.2. The minimum atomic E-state index is -0.525. The lowest BCUT2D eigenvalue weighted by Crippen LogP contribution is -2.61. The molecule has 1 atom stereocenters. The molecule has 0 saturated carbocycles. The zero-order valence-corrected chi connectivity index (χ0v) is 22.4. The number of hydrazine groups is 2. The van der Waals surface area contributed by atoms with Crippen molar-refractivity contribution in [2.45, 2.75) is 52.7 Å². The summed E-state index contributed by atoms with van der Waals surface area (Å²) in [6, 6.07) is 3.62. The number of amides is 2. The largest absolute Gasteiger partial charge is 0.493 e. The maximum absolute atomic E-state index is 13.1. The highest BCUT2D eigenvalue weighted by Gasteiger charge is 2.34. The lowest BCUT2D eigenvalue weighted by atomic mass is 10.1. The van der Waals surface area contributed by atoms with E-state index in [4.69, 9.17) is 9.47 Å². The van der Waals surface area contributed by atoms with Gasteiger partial charge >= 0.3 is 6.09 Å². The number of carbonyl (C=O) groups excluding carboxylic acids is 2. The maximum Gasteiger partial charge on any atom is 0.410 e. The summed E-state index contributed by atoms with van der Waals surface area (Å²) < 4.78 is 13.0. The van der Waals surface area contributed by atoms with E-state index >= 15 is 0 Å². The molecular formula is C26H37N7O4. The van der Waals surface area contributed by atoms with E-state index < -0.39 is 5.60 Å². The maximum atomic E-state index is 13.1. The Hall–Kier alpha value is -3.73. The number of nitrogens with zero attached hydrogens (tertiary/aromatic N) is 5. The number of carbonyl (C=O) groups is 2. The zero-order valence-electron chi connectivity index (χ0n) is 22.4. The van der Waals surface area contributed by atoms with Crippen molar-refractivity contribution in [2.24, 2.45) is 7.05 Å². The van der Waals surface area contributed by atoms with Crippen LogP contribution in [-0.2, 0) is 11.8 Å². The van der Waals surface area contributed by atoms with E-state index in [-0.39, 0.29) is 18.0 Å². The Kier molecular flexibility index (Phi) is 7.63. The van der Waals surface area contributed by atoms with Gasteiger partial charge in [0.05, 0.1) is 23.4 Å². The quantitative estimate of drug-likeness (QED) is 0.610. The van der Waals surface area contributed by atoms with Crippen molar-refractivity contribution in [2.75, 3.05) is 26.2 Å². The number of allylic oxidation sites excluding steroid dienone is 1. The van der Waals surface area contributed by atoms with Crippen molar-refractivity contribution in [1.82, 2.24) is 35.5 Å². The number of fused-ring (bicyclic) bond motifs is 1. The van der Waals surface area contributed by atoms with Crippen molar-refractivity contribution in [3.63, 3.8) is 0 Å². The van der Waals surface area contributed by atoms with Gasteiger partial charge in [-0.3, -0.25) is 14.9 Å². The van der Waals surface area contributed by atoms with Crippen molar-refractivity contribution in [3.8, 4) is 5.75 Å². The monoisotopic (exact) mass is 511 g/mol. The summed E-state index contributed by atoms with van der Waals surface area (Å²) in [6.45, 7) is 11.9. The minimum absolute atomic E-state index is 0.0308. The van der Waals surface area contributed by atoms with Crippen LogP contribution in [0.15, 0.2) is 42.5 Å². The molecule has 37 heavy (non-hydrogen) atoms. The van der Waals surface area contributed by atoms with Gasteiger partial charge in [0.1, 0.15) is 11.4 Å². The van der Waals surface area contributed by atoms with Crippen LogP contribution in [0.1, 0.15) is 51.4 Å². The second kappa shape index (κ2) is 10.7. The van der Waals surface area contributed by atoms with Crippen LogP contribution in [-0.4, -0.2) is 74.7 Å². The molecule has 0 spiro atoms. The first-order chi connectivity index (χ1) is 17.6. The SMILES string of the molecule is CCOc1cc2nn(C)cc2cc1C(=O)NC1=CNN(N2CCN(C(=O)OC(C)(C)C)[C@@H](CC)C2)C=C1. The fraction of sp³-hybridized carbons (Fsp3) is 0.500. The summed E-state index contributed by atoms with van der Waals surface area (Å²) in [5.74, 6) is 0.229. The fourth-order valence-electron chi connectivity index (χ4n) is 4.40. The third-order valence-corrected chi connectivity index (χ3v) is 6.14. The summed E-state index contributed by atoms with van der Waals surface area (Å²) in [7, 11) is 1.84. The number of benzene rings is 1. The van der Waals surface area contributed by atoms with Crippen molar-refractivity contribution in [1.29, 1.82) is 0 Å². The Bertz CT molecular complexity index is 1210. The first-order valence-electron chi connectivity index (χ1n) is 12.7. The Balaban J connectivity index is 1.38. The Morgan fingerprint density at radius 2 is 2.00 bits per heavy atom. The molecule has 0 unspecified atom stereocenters. The Labute approximate surface area is 217 Å². The van der Waals surface area contributed by atoms with Gasteiger partial charge in [-0.15, -0.1) is 0 Å². The highest BCUT2D eigenvalue weighted by atomic mass is 16.6. The van der Waals surface area contributed by atoms with E-state index in [2.05, 4.69) is 27.8 Å². The molecule has 1 aromatic carbocycles. The zero-order chi connectivity index (χ0) is 26.7. The number of piperazine rings is 1. The molecule has 2 N–H and O–H groups in total. The average Bonchev–Trinajstić information content (AvgIpc) is 3.21. The highest BCUT2D eigenvalue weighted by molar-refractivity contribution is 6.01. The normalized spacial score (nSPS) is 18.4. The molecule has 2 amide bonds. The van der Waals surface area contributed by atoms with Gasteiger partial charge in [0.25, 0.3) is 5.91 Å². The number of ether oxygens (including phenoxy) is 2. The van der Waals surface area contributed by atoms with Gasteiger partial charge in [-0.2, -0.15) is 10.1 Å². The number of aromatic nitrogens is 2. The predicted octanol–water partition coefficient (Wildman–Crippen LogP) is 3.12. The van der Waals surface area contributed by atoms with Crippen LogP contribution in [0.25, 0.3) is 10.9 Å². The molecule has 4 rings (SSSR count). The Morgan fingerprint density at radius 3 is 2.65 bits per heavy atom. The highest BCUT2D eigenvalue weighted by Crippen LogP contribution is 2.26. The number of hydrogen-bond acceptors (Lipinski definition) is 8. The minimum Gasteiger partial charge on any atom is -0.493 e. The van der Waals surface area contributed by atoms with Crippen LogP contribution < -0.4 is 15.5 Å². The summed E-state index contributed by atoms with van der Waals surface area (Å²) in [6.07, 6.45) is 7.84. The van der Waals surface area contributed by atoms with E-state index in [1.54, 1.807) is 23.0 Å². The first-order valence-corrected chi connectivity index (χ1v) is 12.7. The van der Waals surface area contributed by atoms with Gasteiger partial charge in [-0.05, 0) is 46.3 Å². The van der Waals surface area contributed by atoms with Gasteiger partial charge in [0, 0.05) is 62.8 Å². The second-order valence-corrected chi connectivity index (χ2v) is 10.1. The van der Waals surface area contributed by atoms with Gasteiger partial charge in [-0.25, -0.2) is 9.91 Å². The van der Waals surface area contributed by atoms with Crippen LogP contribution >= 0.6 is 0 Å². The number of hydrogen-bond donors (Lipinski definition) is 2. The van der Waals surface area contributed by atoms with Crippen molar-refractivity contribution < 1.29 is 19.1 Å². The van der Waals surface area contributed by atoms with Crippen LogP contribution in [0.4, 0.5) is 4.79 Å². The third-order valence-electron chi connectivity index (χ3n) is 6.14. The van der Waals surface area contributed by atoms with Gasteiger partial charge in [0.15, 0.2) is 0 Å². The van der Waals surface area contributed by atoms with Crippen LogP contribution in [0.2, 0.25) is 0 Å². The second-order valence-electron chi connectivity index (χ2n) is 10.1.